The SMILES string of the molecule is CC(C)[Si]1(C(C)C)Cc2ccccc2[Si](C)(C)O1. The Morgan fingerprint density at radius 3 is 2.11 bits per heavy atom. The minimum Gasteiger partial charge on any atom is -0.451 e. The zero-order valence-corrected chi connectivity index (χ0v) is 14.6. The second-order valence-electron chi connectivity index (χ2n) is 6.71. The predicted octanol–water partition coefficient (Wildman–Crippen LogP) is 3.98. The molecule has 0 saturated carbocycles. The molecule has 18 heavy (non-hydrogen) atoms. The van der Waals surface area contributed by atoms with Crippen LogP contribution in [0.3, 0.4) is 0 Å². The average molecular weight is 279 g/mol. The molecule has 1 nitrogen and oxygen atoms in total. The van der Waals surface area contributed by atoms with E-state index in [4.69, 9.17) is 4.12 Å². The normalized spacial score (nSPS) is 21.1. The smallest absolute Gasteiger partial charge is 0.206 e. The van der Waals surface area contributed by atoms with Crippen LogP contribution in [0.15, 0.2) is 24.3 Å². The van der Waals surface area contributed by atoms with Gasteiger partial charge in [0.2, 0.25) is 8.32 Å². The summed E-state index contributed by atoms with van der Waals surface area (Å²) in [5.74, 6) is 0. The molecule has 0 unspecified atom stereocenters. The van der Waals surface area contributed by atoms with Gasteiger partial charge >= 0.3 is 0 Å². The largest absolute Gasteiger partial charge is 0.451 e. The molecule has 1 heterocycles. The molecule has 0 fully saturated rings. The van der Waals surface area contributed by atoms with E-state index < -0.39 is 16.6 Å². The van der Waals surface area contributed by atoms with Gasteiger partial charge in [-0.1, -0.05) is 52.0 Å². The molecule has 100 valence electrons. The summed E-state index contributed by atoms with van der Waals surface area (Å²) in [4.78, 5) is 0. The van der Waals surface area contributed by atoms with Gasteiger partial charge in [-0.25, -0.2) is 0 Å². The molecule has 0 bridgehead atoms. The van der Waals surface area contributed by atoms with Crippen molar-refractivity contribution in [2.45, 2.75) is 57.9 Å². The van der Waals surface area contributed by atoms with Crippen LogP contribution in [-0.4, -0.2) is 16.6 Å². The zero-order chi connectivity index (χ0) is 13.6. The Labute approximate surface area is 114 Å². The van der Waals surface area contributed by atoms with Crippen molar-refractivity contribution >= 4 is 21.8 Å². The number of hydrogen-bond acceptors (Lipinski definition) is 1. The number of fused-ring (bicyclic) bond motifs is 1. The third kappa shape index (κ3) is 2.12. The molecular formula is C15H26OSi2. The van der Waals surface area contributed by atoms with E-state index in [1.165, 1.54) is 11.2 Å². The molecule has 1 aliphatic rings. The molecule has 1 aromatic rings. The summed E-state index contributed by atoms with van der Waals surface area (Å²) in [6.45, 7) is 14.2. The highest BCUT2D eigenvalue weighted by Gasteiger charge is 2.50. The Kier molecular flexibility index (Phi) is 3.60. The quantitative estimate of drug-likeness (QED) is 0.744. The maximum atomic E-state index is 6.89. The summed E-state index contributed by atoms with van der Waals surface area (Å²) in [6, 6.07) is 10.2. The summed E-state index contributed by atoms with van der Waals surface area (Å²) in [7, 11) is -3.37. The average Bonchev–Trinajstić information content (AvgIpc) is 2.27. The first kappa shape index (κ1) is 14.0. The van der Waals surface area contributed by atoms with Crippen molar-refractivity contribution in [1.29, 1.82) is 0 Å². The van der Waals surface area contributed by atoms with Crippen LogP contribution in [0.25, 0.3) is 0 Å². The van der Waals surface area contributed by atoms with Crippen molar-refractivity contribution in [2.24, 2.45) is 0 Å². The van der Waals surface area contributed by atoms with Crippen LogP contribution in [0, 0.1) is 0 Å². The second-order valence-corrected chi connectivity index (χ2v) is 15.7. The molecule has 0 aliphatic carbocycles. The highest BCUT2D eigenvalue weighted by molar-refractivity contribution is 6.95. The number of hydrogen-bond donors (Lipinski definition) is 0. The Morgan fingerprint density at radius 2 is 1.56 bits per heavy atom. The second kappa shape index (κ2) is 4.62. The molecular weight excluding hydrogens is 252 g/mol. The van der Waals surface area contributed by atoms with E-state index in [9.17, 15) is 0 Å². The van der Waals surface area contributed by atoms with Gasteiger partial charge in [0.1, 0.15) is 0 Å². The van der Waals surface area contributed by atoms with Gasteiger partial charge in [-0.15, -0.1) is 0 Å². The molecule has 3 heteroatoms. The first-order valence-corrected chi connectivity index (χ1v) is 12.3. The summed E-state index contributed by atoms with van der Waals surface area (Å²) >= 11 is 0. The third-order valence-electron chi connectivity index (χ3n) is 4.53. The molecule has 0 saturated heterocycles. The Balaban J connectivity index is 2.54. The molecule has 2 rings (SSSR count). The molecule has 0 radical (unpaired) electrons. The summed E-state index contributed by atoms with van der Waals surface area (Å²) in [5.41, 5.74) is 2.96. The van der Waals surface area contributed by atoms with E-state index in [2.05, 4.69) is 65.1 Å². The van der Waals surface area contributed by atoms with Crippen molar-refractivity contribution in [3.05, 3.63) is 29.8 Å². The Hall–Kier alpha value is -0.386. The fraction of sp³-hybridized carbons (Fsp3) is 0.600. The molecule has 0 N–H and O–H groups in total. The standard InChI is InChI=1S/C15H26OSi2/c1-12(2)18(13(3)4)11-14-9-7-8-10-15(14)17(5,6)16-18/h7-10,12-13H,11H2,1-6H3. The van der Waals surface area contributed by atoms with Crippen molar-refractivity contribution < 1.29 is 4.12 Å². The van der Waals surface area contributed by atoms with Crippen LogP contribution in [0.4, 0.5) is 0 Å². The fourth-order valence-corrected chi connectivity index (χ4v) is 14.5. The maximum Gasteiger partial charge on any atom is 0.206 e. The number of rotatable bonds is 2. The van der Waals surface area contributed by atoms with E-state index in [1.807, 2.05) is 0 Å². The van der Waals surface area contributed by atoms with Gasteiger partial charge in [0.15, 0.2) is 8.32 Å². The topological polar surface area (TPSA) is 9.23 Å². The third-order valence-corrected chi connectivity index (χ3v) is 14.7. The van der Waals surface area contributed by atoms with Crippen LogP contribution in [0.2, 0.25) is 24.2 Å². The van der Waals surface area contributed by atoms with E-state index >= 15 is 0 Å². The summed E-state index contributed by atoms with van der Waals surface area (Å²) in [5, 5.41) is 1.52. The predicted molar refractivity (Wildman–Crippen MR) is 84.3 cm³/mol. The van der Waals surface area contributed by atoms with Gasteiger partial charge in [-0.2, -0.15) is 0 Å². The lowest BCUT2D eigenvalue weighted by atomic mass is 10.2. The molecule has 1 aromatic carbocycles. The van der Waals surface area contributed by atoms with Gasteiger partial charge in [0.25, 0.3) is 0 Å². The van der Waals surface area contributed by atoms with Gasteiger partial charge in [0.05, 0.1) is 0 Å². The first-order valence-electron chi connectivity index (χ1n) is 7.08. The lowest BCUT2D eigenvalue weighted by Crippen LogP contribution is -2.64. The highest BCUT2D eigenvalue weighted by atomic mass is 28.4. The maximum absolute atomic E-state index is 6.89. The van der Waals surface area contributed by atoms with Crippen LogP contribution in [-0.2, 0) is 10.2 Å². The first-order chi connectivity index (χ1) is 8.29. The minimum absolute atomic E-state index is 0.692. The fourth-order valence-electron chi connectivity index (χ4n) is 3.44. The summed E-state index contributed by atoms with van der Waals surface area (Å²) < 4.78 is 6.89. The van der Waals surface area contributed by atoms with Gasteiger partial charge in [0, 0.05) is 0 Å². The van der Waals surface area contributed by atoms with Crippen LogP contribution < -0.4 is 5.19 Å². The Morgan fingerprint density at radius 1 is 1.00 bits per heavy atom. The molecule has 0 amide bonds. The van der Waals surface area contributed by atoms with Crippen LogP contribution in [0.1, 0.15) is 33.3 Å². The van der Waals surface area contributed by atoms with Crippen LogP contribution in [0.5, 0.6) is 0 Å². The minimum atomic E-state index is -1.71. The van der Waals surface area contributed by atoms with Crippen LogP contribution >= 0.6 is 0 Å². The van der Waals surface area contributed by atoms with Gasteiger partial charge < -0.3 is 4.12 Å². The number of benzene rings is 1. The van der Waals surface area contributed by atoms with Crippen molar-refractivity contribution in [1.82, 2.24) is 0 Å². The Bertz CT molecular complexity index is 430. The molecule has 1 aliphatic heterocycles. The molecule has 0 spiro atoms. The lowest BCUT2D eigenvalue weighted by Gasteiger charge is -2.49. The monoisotopic (exact) mass is 278 g/mol. The zero-order valence-electron chi connectivity index (χ0n) is 12.6. The van der Waals surface area contributed by atoms with Gasteiger partial charge in [-0.3, -0.25) is 0 Å². The molecule has 0 aromatic heterocycles. The van der Waals surface area contributed by atoms with Gasteiger partial charge in [-0.05, 0) is 41.0 Å². The van der Waals surface area contributed by atoms with E-state index in [-0.39, 0.29) is 0 Å². The van der Waals surface area contributed by atoms with Crippen molar-refractivity contribution in [3.8, 4) is 0 Å². The molecule has 0 atom stereocenters. The van der Waals surface area contributed by atoms with E-state index in [0.717, 1.165) is 0 Å². The highest BCUT2D eigenvalue weighted by Crippen LogP contribution is 2.40. The van der Waals surface area contributed by atoms with E-state index in [1.54, 1.807) is 5.56 Å². The van der Waals surface area contributed by atoms with Crippen molar-refractivity contribution in [2.75, 3.05) is 0 Å². The lowest BCUT2D eigenvalue weighted by molar-refractivity contribution is 0.492. The summed E-state index contributed by atoms with van der Waals surface area (Å²) in [6.07, 6.45) is 0. The van der Waals surface area contributed by atoms with Crippen molar-refractivity contribution in [3.63, 3.8) is 0 Å². The van der Waals surface area contributed by atoms with E-state index in [0.29, 0.717) is 11.1 Å².